The van der Waals surface area contributed by atoms with Crippen LogP contribution in [0.2, 0.25) is 0 Å². The highest BCUT2D eigenvalue weighted by Gasteiger charge is 2.62. The summed E-state index contributed by atoms with van der Waals surface area (Å²) in [6.45, 7) is 1.68. The largest absolute Gasteiger partial charge is 0.464 e. The van der Waals surface area contributed by atoms with E-state index < -0.39 is 23.9 Å². The maximum atomic E-state index is 12.8. The monoisotopic (exact) mass is 243 g/mol. The van der Waals surface area contributed by atoms with Crippen molar-refractivity contribution in [1.82, 2.24) is 0 Å². The topological polar surface area (TPSA) is 39.2 Å². The number of rotatable bonds is 3. The fourth-order valence-electron chi connectivity index (χ4n) is 1.11. The highest BCUT2D eigenvalue weighted by atomic mass is 19.4. The van der Waals surface area contributed by atoms with Crippen LogP contribution in [0.1, 0.15) is 24.5 Å². The van der Waals surface area contributed by atoms with Gasteiger partial charge in [0.25, 0.3) is 0 Å². The Hall–Kier alpha value is -1.11. The molecule has 92 valence electrons. The zero-order chi connectivity index (χ0) is 12.6. The van der Waals surface area contributed by atoms with Crippen LogP contribution in [0.5, 0.6) is 0 Å². The molecule has 0 aromatic carbocycles. The molecule has 16 heavy (non-hydrogen) atoms. The average Bonchev–Trinajstić information content (AvgIpc) is 2.62. The van der Waals surface area contributed by atoms with Gasteiger partial charge in [-0.1, -0.05) is 6.92 Å². The minimum atomic E-state index is -5.69. The second-order valence-electron chi connectivity index (χ2n) is 3.26. The van der Waals surface area contributed by atoms with Gasteiger partial charge in [-0.2, -0.15) is 22.0 Å². The van der Waals surface area contributed by atoms with Gasteiger partial charge in [0.1, 0.15) is 17.6 Å². The maximum Gasteiger partial charge on any atom is 0.455 e. The normalized spacial score (nSPS) is 15.2. The lowest BCUT2D eigenvalue weighted by molar-refractivity contribution is -0.292. The van der Waals surface area contributed by atoms with Gasteiger partial charge in [0.2, 0.25) is 0 Å². The summed E-state index contributed by atoms with van der Waals surface area (Å²) in [6.07, 6.45) is -5.30. The van der Waals surface area contributed by atoms with Crippen molar-refractivity contribution >= 4 is 0 Å². The number of alkyl halides is 5. The SMILES string of the molecule is CCc1ccc([C@@H](N)C(F)(F)C(F)(F)F)o1. The Morgan fingerprint density at radius 1 is 1.25 bits per heavy atom. The Labute approximate surface area is 88.2 Å². The van der Waals surface area contributed by atoms with Gasteiger partial charge in [0.15, 0.2) is 0 Å². The number of nitrogens with two attached hydrogens (primary N) is 1. The predicted molar refractivity (Wildman–Crippen MR) is 46.0 cm³/mol. The van der Waals surface area contributed by atoms with Crippen LogP contribution in [-0.2, 0) is 6.42 Å². The molecule has 7 heteroatoms. The van der Waals surface area contributed by atoms with E-state index in [9.17, 15) is 22.0 Å². The second-order valence-corrected chi connectivity index (χ2v) is 3.26. The third-order valence-corrected chi connectivity index (χ3v) is 2.11. The molecule has 0 aliphatic rings. The maximum absolute atomic E-state index is 12.8. The highest BCUT2D eigenvalue weighted by Crippen LogP contribution is 2.43. The lowest BCUT2D eigenvalue weighted by Gasteiger charge is -2.24. The quantitative estimate of drug-likeness (QED) is 0.829. The first-order chi connectivity index (χ1) is 7.20. The minimum absolute atomic E-state index is 0.309. The van der Waals surface area contributed by atoms with E-state index in [0.29, 0.717) is 12.2 Å². The first-order valence-corrected chi connectivity index (χ1v) is 4.49. The van der Waals surface area contributed by atoms with Crippen LogP contribution in [0, 0.1) is 0 Å². The van der Waals surface area contributed by atoms with Gasteiger partial charge in [0, 0.05) is 6.42 Å². The molecule has 0 saturated carbocycles. The summed E-state index contributed by atoms with van der Waals surface area (Å²) in [7, 11) is 0. The Morgan fingerprint density at radius 3 is 2.19 bits per heavy atom. The smallest absolute Gasteiger partial charge is 0.455 e. The van der Waals surface area contributed by atoms with Crippen molar-refractivity contribution in [3.8, 4) is 0 Å². The first kappa shape index (κ1) is 13.0. The van der Waals surface area contributed by atoms with E-state index in [0.717, 1.165) is 6.07 Å². The molecule has 0 saturated heterocycles. The third kappa shape index (κ3) is 2.18. The Morgan fingerprint density at radius 2 is 1.81 bits per heavy atom. The van der Waals surface area contributed by atoms with Gasteiger partial charge in [-0.25, -0.2) is 0 Å². The van der Waals surface area contributed by atoms with Gasteiger partial charge in [-0.05, 0) is 12.1 Å². The molecule has 0 spiro atoms. The van der Waals surface area contributed by atoms with Crippen LogP contribution in [0.15, 0.2) is 16.5 Å². The minimum Gasteiger partial charge on any atom is -0.464 e. The molecule has 2 N–H and O–H groups in total. The fraction of sp³-hybridized carbons (Fsp3) is 0.556. The average molecular weight is 243 g/mol. The molecule has 0 radical (unpaired) electrons. The summed E-state index contributed by atoms with van der Waals surface area (Å²) in [5.41, 5.74) is 4.86. The van der Waals surface area contributed by atoms with E-state index in [-0.39, 0.29) is 0 Å². The molecule has 1 heterocycles. The van der Waals surface area contributed by atoms with E-state index in [4.69, 9.17) is 10.2 Å². The van der Waals surface area contributed by atoms with Crippen molar-refractivity contribution in [2.75, 3.05) is 0 Å². The molecule has 0 aliphatic carbocycles. The molecule has 2 nitrogen and oxygen atoms in total. The van der Waals surface area contributed by atoms with Crippen molar-refractivity contribution < 1.29 is 26.4 Å². The Kier molecular flexibility index (Phi) is 3.27. The zero-order valence-electron chi connectivity index (χ0n) is 8.31. The molecule has 0 aliphatic heterocycles. The standard InChI is InChI=1S/C9H10F5NO/c1-2-5-3-4-6(16-5)7(15)8(10,11)9(12,13)14/h3-4,7H,2,15H2,1H3/t7-/m1/s1. The zero-order valence-corrected chi connectivity index (χ0v) is 8.31. The van der Waals surface area contributed by atoms with E-state index in [1.54, 1.807) is 6.92 Å². The van der Waals surface area contributed by atoms with Crippen molar-refractivity contribution in [2.45, 2.75) is 31.5 Å². The lowest BCUT2D eigenvalue weighted by atomic mass is 10.1. The molecule has 0 bridgehead atoms. The lowest BCUT2D eigenvalue weighted by Crippen LogP contribution is -2.45. The van der Waals surface area contributed by atoms with Crippen LogP contribution in [-0.4, -0.2) is 12.1 Å². The van der Waals surface area contributed by atoms with Crippen molar-refractivity contribution in [2.24, 2.45) is 5.73 Å². The Balaban J connectivity index is 2.97. The molecule has 1 rings (SSSR count). The van der Waals surface area contributed by atoms with Crippen molar-refractivity contribution in [1.29, 1.82) is 0 Å². The summed E-state index contributed by atoms with van der Waals surface area (Å²) in [6, 6.07) is -0.169. The van der Waals surface area contributed by atoms with Crippen LogP contribution in [0.3, 0.4) is 0 Å². The van der Waals surface area contributed by atoms with Gasteiger partial charge in [-0.3, -0.25) is 0 Å². The highest BCUT2D eigenvalue weighted by molar-refractivity contribution is 5.13. The third-order valence-electron chi connectivity index (χ3n) is 2.11. The van der Waals surface area contributed by atoms with Gasteiger partial charge < -0.3 is 10.2 Å². The van der Waals surface area contributed by atoms with Crippen LogP contribution in [0.25, 0.3) is 0 Å². The second kappa shape index (κ2) is 4.04. The van der Waals surface area contributed by atoms with Gasteiger partial charge in [0.05, 0.1) is 0 Å². The fourth-order valence-corrected chi connectivity index (χ4v) is 1.11. The summed E-state index contributed by atoms with van der Waals surface area (Å²) < 4.78 is 66.4. The first-order valence-electron chi connectivity index (χ1n) is 4.49. The Bertz CT molecular complexity index is 357. The molecule has 1 atom stereocenters. The summed E-state index contributed by atoms with van der Waals surface area (Å²) in [5, 5.41) is 0. The van der Waals surface area contributed by atoms with E-state index in [1.807, 2.05) is 0 Å². The number of aryl methyl sites for hydroxylation is 1. The number of halogens is 5. The van der Waals surface area contributed by atoms with Crippen molar-refractivity contribution in [3.05, 3.63) is 23.7 Å². The van der Waals surface area contributed by atoms with Crippen LogP contribution < -0.4 is 5.73 Å². The predicted octanol–water partition coefficient (Wildman–Crippen LogP) is 3.04. The molecular weight excluding hydrogens is 233 g/mol. The van der Waals surface area contributed by atoms with Crippen LogP contribution >= 0.6 is 0 Å². The van der Waals surface area contributed by atoms with E-state index in [1.165, 1.54) is 6.07 Å². The molecule has 0 unspecified atom stereocenters. The molecule has 1 aromatic rings. The number of hydrogen-bond acceptors (Lipinski definition) is 2. The molecule has 1 aromatic heterocycles. The van der Waals surface area contributed by atoms with E-state index in [2.05, 4.69) is 0 Å². The van der Waals surface area contributed by atoms with Gasteiger partial charge >= 0.3 is 12.1 Å². The van der Waals surface area contributed by atoms with Gasteiger partial charge in [-0.15, -0.1) is 0 Å². The molecule has 0 fully saturated rings. The summed E-state index contributed by atoms with van der Waals surface area (Å²) in [4.78, 5) is 0. The van der Waals surface area contributed by atoms with Crippen LogP contribution in [0.4, 0.5) is 22.0 Å². The van der Waals surface area contributed by atoms with E-state index >= 15 is 0 Å². The molecule has 0 amide bonds. The number of hydrogen-bond donors (Lipinski definition) is 1. The van der Waals surface area contributed by atoms with Crippen molar-refractivity contribution in [3.63, 3.8) is 0 Å². The number of furan rings is 1. The summed E-state index contributed by atoms with van der Waals surface area (Å²) in [5.74, 6) is -5.27. The molecular formula is C9H10F5NO. The summed E-state index contributed by atoms with van der Waals surface area (Å²) >= 11 is 0.